The minimum atomic E-state index is -0.502. The fourth-order valence-corrected chi connectivity index (χ4v) is 3.34. The molecule has 1 saturated carbocycles. The van der Waals surface area contributed by atoms with E-state index in [4.69, 9.17) is 4.52 Å². The zero-order valence-electron chi connectivity index (χ0n) is 14.3. The van der Waals surface area contributed by atoms with Crippen molar-refractivity contribution in [2.45, 2.75) is 38.1 Å². The predicted molar refractivity (Wildman–Crippen MR) is 91.5 cm³/mol. The van der Waals surface area contributed by atoms with Crippen LogP contribution in [0.25, 0.3) is 0 Å². The molecule has 4 rings (SSSR count). The maximum atomic E-state index is 14.2. The second-order valence-electron chi connectivity index (χ2n) is 6.67. The van der Waals surface area contributed by atoms with Crippen LogP contribution in [-0.4, -0.2) is 19.8 Å². The second-order valence-corrected chi connectivity index (χ2v) is 6.67. The van der Waals surface area contributed by atoms with Crippen molar-refractivity contribution in [2.24, 2.45) is 0 Å². The largest absolute Gasteiger partial charge is 0.508 e. The molecular weight excluding hydrogens is 337 g/mol. The van der Waals surface area contributed by atoms with Crippen LogP contribution in [0.3, 0.4) is 0 Å². The third kappa shape index (κ3) is 2.79. The Morgan fingerprint density at radius 2 is 2.08 bits per heavy atom. The highest BCUT2D eigenvalue weighted by molar-refractivity contribution is 5.39. The molecule has 26 heavy (non-hydrogen) atoms. The lowest BCUT2D eigenvalue weighted by atomic mass is 9.95. The average molecular weight is 355 g/mol. The van der Waals surface area contributed by atoms with Gasteiger partial charge in [0.05, 0.1) is 5.41 Å². The second kappa shape index (κ2) is 6.09. The van der Waals surface area contributed by atoms with Gasteiger partial charge in [-0.15, -0.1) is 0 Å². The molecule has 2 aromatic heterocycles. The van der Waals surface area contributed by atoms with Crippen LogP contribution < -0.4 is 5.56 Å². The van der Waals surface area contributed by atoms with Crippen molar-refractivity contribution in [3.05, 3.63) is 75.5 Å². The number of nitrogens with zero attached hydrogens (tertiary/aromatic N) is 3. The van der Waals surface area contributed by atoms with Crippen molar-refractivity contribution < 1.29 is 14.0 Å². The number of rotatable bonds is 5. The summed E-state index contributed by atoms with van der Waals surface area (Å²) in [5, 5.41) is 13.5. The molecule has 134 valence electrons. The van der Waals surface area contributed by atoms with Crippen molar-refractivity contribution in [1.82, 2.24) is 14.7 Å². The molecule has 7 heteroatoms. The van der Waals surface area contributed by atoms with Gasteiger partial charge in [0.1, 0.15) is 11.6 Å². The number of hydrogen-bond donors (Lipinski definition) is 1. The Hall–Kier alpha value is -2.96. The maximum absolute atomic E-state index is 14.2. The van der Waals surface area contributed by atoms with E-state index in [0.29, 0.717) is 35.9 Å². The Bertz CT molecular complexity index is 1020. The van der Waals surface area contributed by atoms with E-state index in [0.717, 1.165) is 12.8 Å². The number of aromatic hydroxyl groups is 1. The first kappa shape index (κ1) is 16.5. The molecule has 0 unspecified atom stereocenters. The normalized spacial score (nSPS) is 15.2. The molecule has 0 radical (unpaired) electrons. The zero-order chi connectivity index (χ0) is 18.3. The molecule has 1 fully saturated rings. The number of benzene rings is 1. The summed E-state index contributed by atoms with van der Waals surface area (Å²) < 4.78 is 21.0. The highest BCUT2D eigenvalue weighted by atomic mass is 19.1. The SMILES string of the molecule is Cc1cc(O)cc(=O)n1CCc1nc(C2(c3ccccc3F)CC2)no1. The number of pyridine rings is 1. The van der Waals surface area contributed by atoms with E-state index in [-0.39, 0.29) is 17.1 Å². The van der Waals surface area contributed by atoms with Gasteiger partial charge in [-0.25, -0.2) is 4.39 Å². The Labute approximate surface area is 148 Å². The third-order valence-corrected chi connectivity index (χ3v) is 4.90. The van der Waals surface area contributed by atoms with Crippen molar-refractivity contribution >= 4 is 0 Å². The molecule has 1 aromatic carbocycles. The average Bonchev–Trinajstić information content (AvgIpc) is 3.25. The summed E-state index contributed by atoms with van der Waals surface area (Å²) in [7, 11) is 0. The van der Waals surface area contributed by atoms with Crippen LogP contribution in [-0.2, 0) is 18.4 Å². The minimum Gasteiger partial charge on any atom is -0.508 e. The monoisotopic (exact) mass is 355 g/mol. The first-order valence-corrected chi connectivity index (χ1v) is 8.48. The van der Waals surface area contributed by atoms with Crippen LogP contribution in [0.15, 0.2) is 45.7 Å². The summed E-state index contributed by atoms with van der Waals surface area (Å²) in [6, 6.07) is 9.36. The fourth-order valence-electron chi connectivity index (χ4n) is 3.34. The summed E-state index contributed by atoms with van der Waals surface area (Å²) in [6.07, 6.45) is 1.94. The van der Waals surface area contributed by atoms with Gasteiger partial charge in [-0.2, -0.15) is 4.98 Å². The van der Waals surface area contributed by atoms with E-state index in [1.807, 2.05) is 0 Å². The fraction of sp³-hybridized carbons (Fsp3) is 0.316. The van der Waals surface area contributed by atoms with Gasteiger partial charge in [-0.1, -0.05) is 23.4 Å². The number of aryl methyl sites for hydroxylation is 2. The number of aromatic nitrogens is 3. The lowest BCUT2D eigenvalue weighted by Crippen LogP contribution is -2.22. The zero-order valence-corrected chi connectivity index (χ0v) is 14.3. The molecular formula is C19H18FN3O3. The summed E-state index contributed by atoms with van der Waals surface area (Å²) in [4.78, 5) is 16.4. The summed E-state index contributed by atoms with van der Waals surface area (Å²) in [5.41, 5.74) is 0.461. The van der Waals surface area contributed by atoms with E-state index < -0.39 is 5.41 Å². The first-order chi connectivity index (χ1) is 12.5. The lowest BCUT2D eigenvalue weighted by molar-refractivity contribution is 0.363. The van der Waals surface area contributed by atoms with Gasteiger partial charge in [0.15, 0.2) is 5.82 Å². The summed E-state index contributed by atoms with van der Waals surface area (Å²) in [5.74, 6) is 0.585. The van der Waals surface area contributed by atoms with Crippen LogP contribution in [0.2, 0.25) is 0 Å². The van der Waals surface area contributed by atoms with Crippen molar-refractivity contribution in [1.29, 1.82) is 0 Å². The molecule has 0 amide bonds. The third-order valence-electron chi connectivity index (χ3n) is 4.90. The molecule has 3 aromatic rings. The van der Waals surface area contributed by atoms with Gasteiger partial charge in [0, 0.05) is 30.3 Å². The Balaban J connectivity index is 1.55. The van der Waals surface area contributed by atoms with Gasteiger partial charge >= 0.3 is 0 Å². The molecule has 0 saturated heterocycles. The first-order valence-electron chi connectivity index (χ1n) is 8.48. The lowest BCUT2D eigenvalue weighted by Gasteiger charge is -2.11. The van der Waals surface area contributed by atoms with E-state index in [9.17, 15) is 14.3 Å². The topological polar surface area (TPSA) is 81.1 Å². The Kier molecular flexibility index (Phi) is 3.86. The highest BCUT2D eigenvalue weighted by Gasteiger charge is 2.51. The van der Waals surface area contributed by atoms with Crippen molar-refractivity contribution in [3.63, 3.8) is 0 Å². The quantitative estimate of drug-likeness (QED) is 0.761. The smallest absolute Gasteiger partial charge is 0.254 e. The van der Waals surface area contributed by atoms with Crippen molar-refractivity contribution in [2.75, 3.05) is 0 Å². The van der Waals surface area contributed by atoms with Gasteiger partial charge in [0.2, 0.25) is 5.89 Å². The van der Waals surface area contributed by atoms with Gasteiger partial charge in [-0.05, 0) is 31.9 Å². The van der Waals surface area contributed by atoms with Gasteiger partial charge < -0.3 is 14.2 Å². The Morgan fingerprint density at radius 3 is 2.77 bits per heavy atom. The molecule has 1 aliphatic rings. The minimum absolute atomic E-state index is 0.0515. The maximum Gasteiger partial charge on any atom is 0.254 e. The molecule has 0 atom stereocenters. The van der Waals surface area contributed by atoms with E-state index in [1.54, 1.807) is 25.1 Å². The van der Waals surface area contributed by atoms with E-state index in [2.05, 4.69) is 10.1 Å². The molecule has 1 aliphatic carbocycles. The van der Waals surface area contributed by atoms with Gasteiger partial charge in [-0.3, -0.25) is 4.79 Å². The van der Waals surface area contributed by atoms with Crippen LogP contribution in [0.4, 0.5) is 4.39 Å². The predicted octanol–water partition coefficient (Wildman–Crippen LogP) is 2.71. The summed E-state index contributed by atoms with van der Waals surface area (Å²) in [6.45, 7) is 2.11. The summed E-state index contributed by atoms with van der Waals surface area (Å²) >= 11 is 0. The van der Waals surface area contributed by atoms with Crippen LogP contribution in [0, 0.1) is 12.7 Å². The van der Waals surface area contributed by atoms with Crippen LogP contribution >= 0.6 is 0 Å². The van der Waals surface area contributed by atoms with E-state index in [1.165, 1.54) is 22.8 Å². The molecule has 0 aliphatic heterocycles. The standard InChI is InChI=1S/C19H18FN3O3/c1-12-10-13(24)11-17(25)23(12)9-6-16-21-18(22-26-16)19(7-8-19)14-4-2-3-5-15(14)20/h2-5,10-11,24H,6-9H2,1H3. The molecule has 1 N–H and O–H groups in total. The van der Waals surface area contributed by atoms with E-state index >= 15 is 0 Å². The molecule has 6 nitrogen and oxygen atoms in total. The number of halogens is 1. The number of hydrogen-bond acceptors (Lipinski definition) is 5. The van der Waals surface area contributed by atoms with Gasteiger partial charge in [0.25, 0.3) is 5.56 Å². The molecule has 0 spiro atoms. The molecule has 0 bridgehead atoms. The highest BCUT2D eigenvalue weighted by Crippen LogP contribution is 2.52. The van der Waals surface area contributed by atoms with Crippen molar-refractivity contribution in [3.8, 4) is 5.75 Å². The van der Waals surface area contributed by atoms with Crippen LogP contribution in [0.5, 0.6) is 5.75 Å². The molecule has 2 heterocycles. The van der Waals surface area contributed by atoms with Crippen LogP contribution in [0.1, 0.15) is 35.8 Å². The Morgan fingerprint density at radius 1 is 1.31 bits per heavy atom.